The summed E-state index contributed by atoms with van der Waals surface area (Å²) >= 11 is 0. The number of ketones is 2. The summed E-state index contributed by atoms with van der Waals surface area (Å²) in [5, 5.41) is 21.7. The van der Waals surface area contributed by atoms with Crippen LogP contribution in [-0.2, 0) is 127 Å². The molecule has 10 unspecified atom stereocenters. The Balaban J connectivity index is 0.000000141. The van der Waals surface area contributed by atoms with Crippen LogP contribution in [0.1, 0.15) is 168 Å². The molecule has 6 aromatic carbocycles. The fourth-order valence-corrected chi connectivity index (χ4v) is 27.5. The summed E-state index contributed by atoms with van der Waals surface area (Å²) in [5.74, 6) is -20.1. The number of ether oxygens (including phenoxy) is 10. The Bertz CT molecular complexity index is 4690. The molecule has 16 aliphatic carbocycles. The number of alkyl halides is 4. The molecule has 0 spiro atoms. The van der Waals surface area contributed by atoms with E-state index in [1.807, 2.05) is 0 Å². The topological polar surface area (TPSA) is 338 Å². The lowest BCUT2D eigenvalue weighted by molar-refractivity contribution is -0.224. The lowest BCUT2D eigenvalue weighted by atomic mass is 9.52. The van der Waals surface area contributed by atoms with Gasteiger partial charge in [0, 0.05) is 50.4 Å². The second kappa shape index (κ2) is 38.4. The van der Waals surface area contributed by atoms with Crippen LogP contribution in [0, 0.1) is 59.2 Å². The van der Waals surface area contributed by atoms with Crippen LogP contribution < -0.4 is 0 Å². The molecule has 0 aliphatic heterocycles. The number of benzene rings is 6. The highest BCUT2D eigenvalue weighted by molar-refractivity contribution is 7.97. The van der Waals surface area contributed by atoms with Gasteiger partial charge in [-0.1, -0.05) is 109 Å². The van der Waals surface area contributed by atoms with Gasteiger partial charge >= 0.3 is 71.5 Å². The van der Waals surface area contributed by atoms with Gasteiger partial charge in [0.15, 0.2) is 55.8 Å². The molecule has 6 aromatic rings. The predicted octanol–water partition coefficient (Wildman–Crippen LogP) is 14.3. The first-order valence-electron chi connectivity index (χ1n) is 44.0. The first-order chi connectivity index (χ1) is 61.0. The highest BCUT2D eigenvalue weighted by Crippen LogP contribution is 2.62. The lowest BCUT2D eigenvalue weighted by Gasteiger charge is -2.59. The summed E-state index contributed by atoms with van der Waals surface area (Å²) in [6, 6.07) is 64.3. The van der Waals surface area contributed by atoms with E-state index in [9.17, 15) is 85.3 Å². The van der Waals surface area contributed by atoms with E-state index in [-0.39, 0.29) is 113 Å². The molecule has 128 heavy (non-hydrogen) atoms. The van der Waals surface area contributed by atoms with E-state index >= 15 is 0 Å². The van der Waals surface area contributed by atoms with E-state index in [1.54, 1.807) is 0 Å². The highest BCUT2D eigenvalue weighted by Gasteiger charge is 2.63. The lowest BCUT2D eigenvalue weighted by Crippen LogP contribution is -2.60. The number of hydrogen-bond donors (Lipinski definition) is 2. The van der Waals surface area contributed by atoms with Crippen molar-refractivity contribution in [2.45, 2.75) is 255 Å². The zero-order valence-corrected chi connectivity index (χ0v) is 72.9. The molecule has 16 fully saturated rings. The first-order valence-corrected chi connectivity index (χ1v) is 46.4. The summed E-state index contributed by atoms with van der Waals surface area (Å²) in [7, 11) is -0.0293. The molecule has 680 valence electrons. The van der Waals surface area contributed by atoms with Crippen LogP contribution in [0.2, 0.25) is 0 Å². The van der Waals surface area contributed by atoms with Crippen molar-refractivity contribution >= 4 is 93.0 Å². The number of halogens is 4. The number of carbonyl (C=O) groups is 12. The average molecular weight is 1810 g/mol. The molecule has 0 aromatic heterocycles. The third-order valence-electron chi connectivity index (χ3n) is 26.8. The number of hydrogen-bond acceptors (Lipinski definition) is 24. The number of Topliss-reactive ketones (excluding diaryl/α,β-unsaturated/α-hetero) is 2. The van der Waals surface area contributed by atoms with Gasteiger partial charge in [0.05, 0.1) is 45.8 Å². The van der Waals surface area contributed by atoms with Crippen molar-refractivity contribution in [2.24, 2.45) is 59.2 Å². The van der Waals surface area contributed by atoms with Crippen LogP contribution in [0.15, 0.2) is 211 Å². The van der Waals surface area contributed by atoms with Crippen LogP contribution in [0.25, 0.3) is 0 Å². The maximum atomic E-state index is 13.6. The molecule has 16 bridgehead atoms. The highest BCUT2D eigenvalue weighted by atomic mass is 32.2. The Labute approximate surface area is 744 Å². The van der Waals surface area contributed by atoms with Gasteiger partial charge in [-0.15, -0.1) is 0 Å². The molecular weight excluding hydrogens is 1700 g/mol. The van der Waals surface area contributed by atoms with Crippen LogP contribution in [0.5, 0.6) is 0 Å². The van der Waals surface area contributed by atoms with Crippen molar-refractivity contribution in [3.63, 3.8) is 0 Å². The minimum Gasteiger partial charge on any atom is -0.456 e. The molecule has 30 heteroatoms. The molecule has 22 rings (SSSR count). The third kappa shape index (κ3) is 22.6. The summed E-state index contributed by atoms with van der Waals surface area (Å²) < 4.78 is 106. The van der Waals surface area contributed by atoms with E-state index in [1.165, 1.54) is 29.4 Å². The normalized spacial score (nSPS) is 29.8. The number of carbonyl (C=O) groups excluding carboxylic acids is 12. The second-order valence-electron chi connectivity index (χ2n) is 37.5. The van der Waals surface area contributed by atoms with E-state index in [0.717, 1.165) is 38.5 Å². The standard InChI is InChI=1S/C31H40F2O12.C31H36F2O12.2C18H15S/c1-27(32,33)26(38)43-21(25(37)42-14-24(36)45-31-11-19-3-20(12-31)8-29(40,7-19)16-31)4-22(34)41-13-23(35)44-30-9-17-2-18(10-30)6-28(39,5-17)15-30;1-29(32,33)28(40)43-21(27(39)42-14-24(36)45-31-8-16-4-19(11-31)26(38)20(5-16)12-31)6-22(34)41-13-23(35)44-30-7-15-2-17(9-30)25(37)18(3-15)10-30;2*1-4-10-16(11-5-1)19(17-12-6-2-7-13-17)18-14-8-3-9-15-18/h17-21,39-40H,2-16H2,1H3;15-21H,2-14H2,1H3;2*1-15H/q;;2*+1. The molecule has 2 N–H and O–H groups in total. The third-order valence-corrected chi connectivity index (χ3v) is 31.3. The van der Waals surface area contributed by atoms with E-state index in [2.05, 4.69) is 191 Å². The predicted molar refractivity (Wildman–Crippen MR) is 449 cm³/mol. The molecule has 16 saturated carbocycles. The van der Waals surface area contributed by atoms with Gasteiger partial charge in [-0.25, -0.2) is 38.4 Å². The molecule has 0 amide bonds. The van der Waals surface area contributed by atoms with Crippen molar-refractivity contribution in [2.75, 3.05) is 26.4 Å². The Kier molecular flexibility index (Phi) is 27.7. The number of esters is 10. The summed E-state index contributed by atoms with van der Waals surface area (Å²) in [6.07, 6.45) is 6.79. The summed E-state index contributed by atoms with van der Waals surface area (Å²) in [5.41, 5.74) is -5.17. The van der Waals surface area contributed by atoms with Crippen LogP contribution >= 0.6 is 0 Å². The van der Waals surface area contributed by atoms with E-state index in [0.29, 0.717) is 96.3 Å². The molecule has 24 nitrogen and oxygen atoms in total. The zero-order chi connectivity index (χ0) is 90.6. The molecule has 10 atom stereocenters. The molecular formula is C98H106F4O24S2+2. The molecule has 16 aliphatic rings. The summed E-state index contributed by atoms with van der Waals surface area (Å²) in [4.78, 5) is 158. The van der Waals surface area contributed by atoms with Crippen molar-refractivity contribution < 1.29 is 133 Å². The first kappa shape index (κ1) is 92.4. The van der Waals surface area contributed by atoms with Gasteiger partial charge in [-0.3, -0.25) is 19.2 Å². The van der Waals surface area contributed by atoms with Crippen molar-refractivity contribution in [3.05, 3.63) is 182 Å². The van der Waals surface area contributed by atoms with Gasteiger partial charge in [0.1, 0.15) is 34.0 Å². The van der Waals surface area contributed by atoms with Crippen molar-refractivity contribution in [3.8, 4) is 0 Å². The van der Waals surface area contributed by atoms with Crippen molar-refractivity contribution in [1.29, 1.82) is 0 Å². The maximum absolute atomic E-state index is 13.6. The van der Waals surface area contributed by atoms with Gasteiger partial charge in [0.2, 0.25) is 12.2 Å². The summed E-state index contributed by atoms with van der Waals surface area (Å²) in [6.45, 7) is -3.12. The zero-order valence-electron chi connectivity index (χ0n) is 71.3. The second-order valence-corrected chi connectivity index (χ2v) is 41.5. The smallest absolute Gasteiger partial charge is 0.377 e. The van der Waals surface area contributed by atoms with Crippen LogP contribution in [-0.4, -0.2) is 166 Å². The Morgan fingerprint density at radius 2 is 0.562 bits per heavy atom. The Hall–Kier alpha value is -10.3. The Morgan fingerprint density at radius 1 is 0.328 bits per heavy atom. The van der Waals surface area contributed by atoms with Crippen LogP contribution in [0.3, 0.4) is 0 Å². The molecule has 0 radical (unpaired) electrons. The molecule has 0 heterocycles. The molecule has 0 saturated heterocycles. The van der Waals surface area contributed by atoms with Gasteiger partial charge < -0.3 is 57.6 Å². The number of aliphatic hydroxyl groups is 2. The fourth-order valence-electron chi connectivity index (χ4n) is 23.3. The van der Waals surface area contributed by atoms with E-state index < -0.39 is 157 Å². The largest absolute Gasteiger partial charge is 0.456 e. The number of rotatable bonds is 28. The maximum Gasteiger partial charge on any atom is 0.377 e. The Morgan fingerprint density at radius 3 is 0.805 bits per heavy atom. The van der Waals surface area contributed by atoms with Gasteiger partial charge in [-0.2, -0.15) is 17.6 Å². The SMILES string of the molecule is CC(F)(F)C(=O)OC(CC(=O)OCC(=O)OC12CC3CC(C1)C(=O)C(C3)C2)C(=O)OCC(=O)OC12CC3CC(C1)C(=O)C(C3)C2.CC(F)(F)C(=O)OC(CC(=O)OCC(=O)OC12CC3CC(CC(O)(C3)C1)C2)C(=O)OCC(=O)OC12CC3CC(CC(O)(C3)C1)C2.c1ccc([S+](c2ccccc2)c2ccccc2)cc1.c1ccc([S+](c2ccccc2)c2ccccc2)cc1. The van der Waals surface area contributed by atoms with Crippen molar-refractivity contribution in [1.82, 2.24) is 0 Å². The monoisotopic (exact) mass is 1810 g/mol. The minimum absolute atomic E-state index is 0.0146. The van der Waals surface area contributed by atoms with E-state index in [4.69, 9.17) is 37.9 Å². The minimum atomic E-state index is -4.01. The average Bonchev–Trinajstić information content (AvgIpc) is 0.772. The fraction of sp³-hybridized carbons (Fsp3) is 0.510. The quantitative estimate of drug-likeness (QED) is 0.0199. The van der Waals surface area contributed by atoms with Crippen LogP contribution in [0.4, 0.5) is 17.6 Å². The van der Waals surface area contributed by atoms with Gasteiger partial charge in [-0.05, 0) is 237 Å². The van der Waals surface area contributed by atoms with Gasteiger partial charge in [0.25, 0.3) is 0 Å².